The molecule has 78 valence electrons. The number of amides is 1. The van der Waals surface area contributed by atoms with Crippen molar-refractivity contribution in [1.82, 2.24) is 4.90 Å². The van der Waals surface area contributed by atoms with E-state index in [9.17, 15) is 4.79 Å². The first-order valence-corrected chi connectivity index (χ1v) is 6.32. The van der Waals surface area contributed by atoms with Crippen LogP contribution in [0.25, 0.3) is 0 Å². The highest BCUT2D eigenvalue weighted by molar-refractivity contribution is 9.11. The molecule has 5 heteroatoms. The number of carbonyl (C=O) groups is 1. The van der Waals surface area contributed by atoms with Crippen molar-refractivity contribution in [2.75, 3.05) is 19.5 Å². The first-order chi connectivity index (χ1) is 6.63. The Labute approximate surface area is 101 Å². The molecule has 0 fully saturated rings. The van der Waals surface area contributed by atoms with Crippen molar-refractivity contribution in [3.63, 3.8) is 0 Å². The van der Waals surface area contributed by atoms with E-state index in [4.69, 9.17) is 11.6 Å². The molecule has 1 amide bonds. The van der Waals surface area contributed by atoms with Gasteiger partial charge in [0.25, 0.3) is 0 Å². The molecule has 0 spiro atoms. The number of hydrogen-bond donors (Lipinski definition) is 0. The van der Waals surface area contributed by atoms with Gasteiger partial charge in [-0.1, -0.05) is 0 Å². The predicted octanol–water partition coefficient (Wildman–Crippen LogP) is 2.75. The summed E-state index contributed by atoms with van der Waals surface area (Å²) in [4.78, 5) is 14.0. The molecule has 1 rings (SSSR count). The van der Waals surface area contributed by atoms with Crippen LogP contribution in [0.15, 0.2) is 15.9 Å². The van der Waals surface area contributed by atoms with Gasteiger partial charge in [0.05, 0.1) is 3.79 Å². The zero-order valence-electron chi connectivity index (χ0n) is 7.80. The van der Waals surface area contributed by atoms with Gasteiger partial charge in [0.15, 0.2) is 0 Å². The molecule has 2 nitrogen and oxygen atoms in total. The Morgan fingerprint density at radius 3 is 2.86 bits per heavy atom. The first-order valence-electron chi connectivity index (χ1n) is 4.17. The lowest BCUT2D eigenvalue weighted by atomic mass is 10.3. The maximum Gasteiger partial charge on any atom is 0.237 e. The fourth-order valence-electron chi connectivity index (χ4n) is 0.991. The number of halogens is 2. The molecule has 0 aromatic carbocycles. The van der Waals surface area contributed by atoms with Gasteiger partial charge in [0, 0.05) is 18.5 Å². The fraction of sp³-hybridized carbons (Fsp3) is 0.444. The van der Waals surface area contributed by atoms with Crippen LogP contribution >= 0.6 is 38.9 Å². The summed E-state index contributed by atoms with van der Waals surface area (Å²) in [6.07, 6.45) is 0.884. The molecule has 14 heavy (non-hydrogen) atoms. The number of carbonyl (C=O) groups excluding carboxylic acids is 1. The van der Waals surface area contributed by atoms with Crippen LogP contribution in [0.1, 0.15) is 4.88 Å². The van der Waals surface area contributed by atoms with E-state index in [2.05, 4.69) is 22.0 Å². The molecule has 0 saturated carbocycles. The highest BCUT2D eigenvalue weighted by Gasteiger charge is 2.07. The van der Waals surface area contributed by atoms with Gasteiger partial charge < -0.3 is 4.90 Å². The minimum absolute atomic E-state index is 0.0257. The molecule has 1 heterocycles. The second kappa shape index (κ2) is 5.73. The van der Waals surface area contributed by atoms with Gasteiger partial charge in [-0.3, -0.25) is 4.79 Å². The average Bonchev–Trinajstić information content (AvgIpc) is 2.59. The minimum Gasteiger partial charge on any atom is -0.344 e. The van der Waals surface area contributed by atoms with Crippen LogP contribution < -0.4 is 0 Å². The monoisotopic (exact) mass is 295 g/mol. The van der Waals surface area contributed by atoms with Crippen molar-refractivity contribution in [1.29, 1.82) is 0 Å². The largest absolute Gasteiger partial charge is 0.344 e. The standard InChI is InChI=1S/C9H11BrClNOS/c1-12(9(13)6-11)5-4-7-2-3-8(10)14-7/h2-3H,4-6H2,1H3. The molecule has 1 aromatic heterocycles. The Morgan fingerprint density at radius 2 is 2.36 bits per heavy atom. The Balaban J connectivity index is 2.37. The number of alkyl halides is 1. The maximum absolute atomic E-state index is 11.1. The molecule has 0 aliphatic rings. The van der Waals surface area contributed by atoms with Crippen molar-refractivity contribution in [2.45, 2.75) is 6.42 Å². The van der Waals surface area contributed by atoms with Crippen molar-refractivity contribution < 1.29 is 4.79 Å². The number of rotatable bonds is 4. The summed E-state index contributed by atoms with van der Waals surface area (Å²) < 4.78 is 1.12. The second-order valence-electron chi connectivity index (χ2n) is 2.90. The summed E-state index contributed by atoms with van der Waals surface area (Å²) >= 11 is 10.5. The number of nitrogens with zero attached hydrogens (tertiary/aromatic N) is 1. The third kappa shape index (κ3) is 3.59. The lowest BCUT2D eigenvalue weighted by Gasteiger charge is -2.14. The van der Waals surface area contributed by atoms with Crippen LogP contribution in [0.3, 0.4) is 0 Å². The number of likely N-dealkylation sites (N-methyl/N-ethyl adjacent to an activating group) is 1. The highest BCUT2D eigenvalue weighted by atomic mass is 79.9. The van der Waals surface area contributed by atoms with E-state index >= 15 is 0 Å². The quantitative estimate of drug-likeness (QED) is 0.782. The number of hydrogen-bond acceptors (Lipinski definition) is 2. The summed E-state index contributed by atoms with van der Waals surface area (Å²) in [5, 5.41) is 0. The van der Waals surface area contributed by atoms with Crippen molar-refractivity contribution >= 4 is 44.8 Å². The molecule has 0 atom stereocenters. The highest BCUT2D eigenvalue weighted by Crippen LogP contribution is 2.22. The summed E-state index contributed by atoms with van der Waals surface area (Å²) in [7, 11) is 1.77. The van der Waals surface area contributed by atoms with Crippen LogP contribution in [0.5, 0.6) is 0 Å². The summed E-state index contributed by atoms with van der Waals surface area (Å²) in [6, 6.07) is 4.08. The fourth-order valence-corrected chi connectivity index (χ4v) is 2.67. The second-order valence-corrected chi connectivity index (χ2v) is 5.72. The molecular weight excluding hydrogens is 286 g/mol. The van der Waals surface area contributed by atoms with Gasteiger partial charge in [0.1, 0.15) is 5.88 Å². The van der Waals surface area contributed by atoms with Crippen LogP contribution in [0, 0.1) is 0 Å². The third-order valence-electron chi connectivity index (χ3n) is 1.86. The molecular formula is C9H11BrClNOS. The Kier molecular flexibility index (Phi) is 4.92. The van der Waals surface area contributed by atoms with E-state index < -0.39 is 0 Å². The number of thiophene rings is 1. The Bertz CT molecular complexity index is 316. The molecule has 0 aliphatic heterocycles. The zero-order chi connectivity index (χ0) is 10.6. The summed E-state index contributed by atoms with van der Waals surface area (Å²) in [5.41, 5.74) is 0. The minimum atomic E-state index is -0.0257. The van der Waals surface area contributed by atoms with Gasteiger partial charge in [-0.25, -0.2) is 0 Å². The van der Waals surface area contributed by atoms with E-state index in [1.807, 2.05) is 6.07 Å². The lowest BCUT2D eigenvalue weighted by molar-refractivity contribution is -0.127. The van der Waals surface area contributed by atoms with Gasteiger partial charge in [-0.15, -0.1) is 22.9 Å². The summed E-state index contributed by atoms with van der Waals surface area (Å²) in [5.74, 6) is 0.0345. The maximum atomic E-state index is 11.1. The van der Waals surface area contributed by atoms with E-state index in [1.165, 1.54) is 4.88 Å². The van der Waals surface area contributed by atoms with E-state index in [1.54, 1.807) is 23.3 Å². The van der Waals surface area contributed by atoms with Gasteiger partial charge in [0.2, 0.25) is 5.91 Å². The third-order valence-corrected chi connectivity index (χ3v) is 3.77. The lowest BCUT2D eigenvalue weighted by Crippen LogP contribution is -2.29. The molecule has 0 N–H and O–H groups in total. The Morgan fingerprint density at radius 1 is 1.64 bits per heavy atom. The van der Waals surface area contributed by atoms with Crippen LogP contribution in [-0.2, 0) is 11.2 Å². The smallest absolute Gasteiger partial charge is 0.237 e. The molecule has 0 unspecified atom stereocenters. The van der Waals surface area contributed by atoms with E-state index in [0.29, 0.717) is 0 Å². The van der Waals surface area contributed by atoms with Gasteiger partial charge in [-0.2, -0.15) is 0 Å². The Hall–Kier alpha value is -0.0600. The van der Waals surface area contributed by atoms with Crippen LogP contribution in [0.4, 0.5) is 0 Å². The first kappa shape index (κ1) is 12.0. The van der Waals surface area contributed by atoms with E-state index in [0.717, 1.165) is 16.8 Å². The van der Waals surface area contributed by atoms with Crippen molar-refractivity contribution in [3.8, 4) is 0 Å². The van der Waals surface area contributed by atoms with Crippen LogP contribution in [0.2, 0.25) is 0 Å². The topological polar surface area (TPSA) is 20.3 Å². The normalized spacial score (nSPS) is 10.2. The molecule has 0 aliphatic carbocycles. The molecule has 1 aromatic rings. The van der Waals surface area contributed by atoms with Gasteiger partial charge >= 0.3 is 0 Å². The van der Waals surface area contributed by atoms with Crippen LogP contribution in [-0.4, -0.2) is 30.3 Å². The van der Waals surface area contributed by atoms with Gasteiger partial charge in [-0.05, 0) is 34.5 Å². The van der Waals surface area contributed by atoms with Crippen molar-refractivity contribution in [3.05, 3.63) is 20.8 Å². The summed E-state index contributed by atoms with van der Waals surface area (Å²) in [6.45, 7) is 0.721. The average molecular weight is 297 g/mol. The zero-order valence-corrected chi connectivity index (χ0v) is 11.0. The SMILES string of the molecule is CN(CCc1ccc(Br)s1)C(=O)CCl. The molecule has 0 bridgehead atoms. The van der Waals surface area contributed by atoms with Crippen molar-refractivity contribution in [2.24, 2.45) is 0 Å². The predicted molar refractivity (Wildman–Crippen MR) is 64.1 cm³/mol. The molecule has 0 radical (unpaired) electrons. The van der Waals surface area contributed by atoms with E-state index in [-0.39, 0.29) is 11.8 Å². The molecule has 0 saturated heterocycles.